The Morgan fingerprint density at radius 1 is 1.35 bits per heavy atom. The van der Waals surface area contributed by atoms with E-state index in [4.69, 9.17) is 0 Å². The van der Waals surface area contributed by atoms with Crippen LogP contribution in [0.2, 0.25) is 0 Å². The molecule has 1 aromatic carbocycles. The van der Waals surface area contributed by atoms with Crippen LogP contribution in [0, 0.1) is 5.41 Å². The third kappa shape index (κ3) is 5.11. The Labute approximate surface area is 189 Å². The molecule has 0 radical (unpaired) electrons. The van der Waals surface area contributed by atoms with Crippen molar-refractivity contribution < 1.29 is 9.90 Å². The highest BCUT2D eigenvalue weighted by Crippen LogP contribution is 2.49. The largest absolute Gasteiger partial charge is 0.383 e. The van der Waals surface area contributed by atoms with Gasteiger partial charge < -0.3 is 19.8 Å². The molecule has 1 aromatic heterocycles. The summed E-state index contributed by atoms with van der Waals surface area (Å²) in [4.78, 5) is 24.9. The summed E-state index contributed by atoms with van der Waals surface area (Å²) in [5, 5.41) is 12.0. The summed E-state index contributed by atoms with van der Waals surface area (Å²) in [5.41, 5.74) is -0.158. The van der Waals surface area contributed by atoms with Crippen LogP contribution in [0.1, 0.15) is 25.5 Å². The molecule has 2 atom stereocenters. The van der Waals surface area contributed by atoms with Gasteiger partial charge in [-0.15, -0.1) is 6.58 Å². The number of hydrogen-bond donors (Lipinski definition) is 2. The molecule has 3 rings (SSSR count). The van der Waals surface area contributed by atoms with Crippen LogP contribution in [-0.4, -0.2) is 59.5 Å². The number of hydrogen-bond acceptors (Lipinski definition) is 6. The highest BCUT2D eigenvalue weighted by atomic mass is 32.2. The SMILES string of the molecule is C=CC1(C)CC(=C)Sc2cccc(c2)N(C)CCN(CC=O)CCC1(O)c1cnc[nH]1. The van der Waals surface area contributed by atoms with Crippen LogP contribution < -0.4 is 4.90 Å². The molecule has 0 spiro atoms. The zero-order chi connectivity index (χ0) is 22.5. The normalized spacial score (nSPS) is 26.3. The number of aldehydes is 1. The molecule has 7 heteroatoms. The lowest BCUT2D eigenvalue weighted by Gasteiger charge is -2.44. The number of aromatic nitrogens is 2. The molecule has 0 saturated heterocycles. The molecule has 2 N–H and O–H groups in total. The molecule has 2 bridgehead atoms. The Morgan fingerprint density at radius 2 is 2.16 bits per heavy atom. The molecule has 0 fully saturated rings. The predicted octanol–water partition coefficient (Wildman–Crippen LogP) is 3.83. The van der Waals surface area contributed by atoms with Gasteiger partial charge in [0.1, 0.15) is 11.9 Å². The smallest absolute Gasteiger partial charge is 0.133 e. The van der Waals surface area contributed by atoms with E-state index in [2.05, 4.69) is 58.2 Å². The molecule has 0 aliphatic carbocycles. The number of carbonyl (C=O) groups excluding carboxylic acids is 1. The zero-order valence-corrected chi connectivity index (χ0v) is 19.2. The third-order valence-electron chi connectivity index (χ3n) is 6.30. The molecule has 2 heterocycles. The monoisotopic (exact) mass is 440 g/mol. The second-order valence-electron chi connectivity index (χ2n) is 8.40. The number of rotatable bonds is 4. The van der Waals surface area contributed by atoms with Crippen LogP contribution in [0.4, 0.5) is 5.69 Å². The lowest BCUT2D eigenvalue weighted by molar-refractivity contribution is -0.109. The molecule has 0 saturated carbocycles. The van der Waals surface area contributed by atoms with Crippen LogP contribution in [0.5, 0.6) is 0 Å². The number of carbonyl (C=O) groups is 1. The topological polar surface area (TPSA) is 72.5 Å². The molecule has 0 amide bonds. The standard InChI is InChI=1S/C24H32N4O2S/c1-5-23(3)16-19(2)31-21-8-6-7-20(15-21)27(4)11-12-28(13-14-29)10-9-24(23,30)22-17-25-18-26-22/h5-8,14-15,17-18,30H,1-2,9-13,16H2,3-4H3,(H,25,26). The van der Waals surface area contributed by atoms with Crippen molar-refractivity contribution in [3.63, 3.8) is 0 Å². The molecule has 6 nitrogen and oxygen atoms in total. The van der Waals surface area contributed by atoms with E-state index in [1.165, 1.54) is 0 Å². The minimum atomic E-state index is -1.24. The van der Waals surface area contributed by atoms with Gasteiger partial charge in [0.25, 0.3) is 0 Å². The number of aliphatic hydroxyl groups is 1. The van der Waals surface area contributed by atoms with Crippen molar-refractivity contribution in [1.82, 2.24) is 14.9 Å². The summed E-state index contributed by atoms with van der Waals surface area (Å²) in [7, 11) is 2.05. The molecular weight excluding hydrogens is 408 g/mol. The van der Waals surface area contributed by atoms with Crippen molar-refractivity contribution in [2.75, 3.05) is 38.1 Å². The lowest BCUT2D eigenvalue weighted by atomic mass is 9.67. The number of H-pyrrole nitrogens is 1. The van der Waals surface area contributed by atoms with Crippen molar-refractivity contribution in [3.05, 3.63) is 66.6 Å². The number of aromatic amines is 1. The average molecular weight is 441 g/mol. The molecule has 31 heavy (non-hydrogen) atoms. The molecular formula is C24H32N4O2S. The van der Waals surface area contributed by atoms with Gasteiger partial charge in [-0.3, -0.25) is 4.90 Å². The summed E-state index contributed by atoms with van der Waals surface area (Å²) in [6.45, 7) is 12.7. The first kappa shape index (κ1) is 23.3. The van der Waals surface area contributed by atoms with E-state index in [9.17, 15) is 9.90 Å². The third-order valence-corrected chi connectivity index (χ3v) is 7.22. The number of allylic oxidation sites excluding steroid dienone is 1. The fraction of sp³-hybridized carbons (Fsp3) is 0.417. The van der Waals surface area contributed by atoms with Gasteiger partial charge in [-0.2, -0.15) is 0 Å². The van der Waals surface area contributed by atoms with E-state index >= 15 is 0 Å². The van der Waals surface area contributed by atoms with Gasteiger partial charge in [-0.05, 0) is 35.9 Å². The maximum Gasteiger partial charge on any atom is 0.133 e. The molecule has 1 aliphatic heterocycles. The van der Waals surface area contributed by atoms with Crippen LogP contribution in [0.15, 0.2) is 65.8 Å². The Bertz CT molecular complexity index is 916. The van der Waals surface area contributed by atoms with Gasteiger partial charge in [0, 0.05) is 42.7 Å². The summed E-state index contributed by atoms with van der Waals surface area (Å²) in [6.07, 6.45) is 6.96. The Morgan fingerprint density at radius 3 is 2.84 bits per heavy atom. The van der Waals surface area contributed by atoms with Crippen LogP contribution in [0.25, 0.3) is 0 Å². The number of nitrogens with one attached hydrogen (secondary N) is 1. The number of benzene rings is 1. The van der Waals surface area contributed by atoms with Crippen LogP contribution in [-0.2, 0) is 10.4 Å². The van der Waals surface area contributed by atoms with E-state index in [-0.39, 0.29) is 0 Å². The average Bonchev–Trinajstić information content (AvgIpc) is 3.30. The van der Waals surface area contributed by atoms with Gasteiger partial charge >= 0.3 is 0 Å². The van der Waals surface area contributed by atoms with E-state index < -0.39 is 11.0 Å². The lowest BCUT2D eigenvalue weighted by Crippen LogP contribution is -2.46. The number of nitrogens with zero attached hydrogens (tertiary/aromatic N) is 3. The van der Waals surface area contributed by atoms with Crippen molar-refractivity contribution in [2.24, 2.45) is 5.41 Å². The summed E-state index contributed by atoms with van der Waals surface area (Å²) in [5.74, 6) is 0. The Hall–Kier alpha value is -2.35. The molecule has 2 unspecified atom stereocenters. The van der Waals surface area contributed by atoms with E-state index in [0.717, 1.165) is 28.3 Å². The van der Waals surface area contributed by atoms with Crippen molar-refractivity contribution in [1.29, 1.82) is 0 Å². The highest BCUT2D eigenvalue weighted by molar-refractivity contribution is 8.03. The van der Waals surface area contributed by atoms with Crippen LogP contribution >= 0.6 is 11.8 Å². The van der Waals surface area contributed by atoms with Crippen molar-refractivity contribution >= 4 is 23.7 Å². The highest BCUT2D eigenvalue weighted by Gasteiger charge is 2.47. The second-order valence-corrected chi connectivity index (χ2v) is 9.65. The molecule has 1 aliphatic rings. The molecule has 166 valence electrons. The zero-order valence-electron chi connectivity index (χ0n) is 18.4. The number of thioether (sulfide) groups is 1. The number of fused-ring (bicyclic) bond motifs is 2. The van der Waals surface area contributed by atoms with Gasteiger partial charge in [0.2, 0.25) is 0 Å². The first-order valence-electron chi connectivity index (χ1n) is 10.5. The maximum atomic E-state index is 12.0. The van der Waals surface area contributed by atoms with E-state index in [0.29, 0.717) is 38.2 Å². The van der Waals surface area contributed by atoms with Gasteiger partial charge in [0.15, 0.2) is 0 Å². The number of imidazole rings is 1. The Kier molecular flexibility index (Phi) is 7.41. The van der Waals surface area contributed by atoms with Crippen molar-refractivity contribution in [3.8, 4) is 0 Å². The number of likely N-dealkylation sites (N-methyl/N-ethyl adjacent to an activating group) is 1. The van der Waals surface area contributed by atoms with E-state index in [1.807, 2.05) is 19.1 Å². The Balaban J connectivity index is 2.03. The fourth-order valence-electron chi connectivity index (χ4n) is 4.13. The second kappa shape index (κ2) is 9.85. The van der Waals surface area contributed by atoms with Gasteiger partial charge in [0.05, 0.1) is 24.8 Å². The summed E-state index contributed by atoms with van der Waals surface area (Å²) in [6, 6.07) is 8.36. The summed E-state index contributed by atoms with van der Waals surface area (Å²) < 4.78 is 0. The minimum absolute atomic E-state index is 0.320. The van der Waals surface area contributed by atoms with Crippen molar-refractivity contribution in [2.45, 2.75) is 30.3 Å². The predicted molar refractivity (Wildman–Crippen MR) is 127 cm³/mol. The maximum absolute atomic E-state index is 12.0. The first-order valence-corrected chi connectivity index (χ1v) is 11.3. The first-order chi connectivity index (χ1) is 14.8. The fourth-order valence-corrected chi connectivity index (χ4v) is 5.17. The number of anilines is 1. The minimum Gasteiger partial charge on any atom is -0.383 e. The molecule has 2 aromatic rings. The van der Waals surface area contributed by atoms with Crippen LogP contribution in [0.3, 0.4) is 0 Å². The summed E-state index contributed by atoms with van der Waals surface area (Å²) >= 11 is 1.62. The quantitative estimate of drug-likeness (QED) is 0.556. The van der Waals surface area contributed by atoms with Gasteiger partial charge in [-0.1, -0.05) is 37.4 Å². The van der Waals surface area contributed by atoms with E-state index in [1.54, 1.807) is 24.3 Å². The van der Waals surface area contributed by atoms with Gasteiger partial charge in [-0.25, -0.2) is 4.98 Å².